The third-order valence-corrected chi connectivity index (χ3v) is 3.45. The summed E-state index contributed by atoms with van der Waals surface area (Å²) in [6.07, 6.45) is 3.65. The van der Waals surface area contributed by atoms with Gasteiger partial charge in [-0.2, -0.15) is 11.8 Å². The number of carbonyl (C=O) groups is 1. The van der Waals surface area contributed by atoms with Crippen LogP contribution in [0.1, 0.15) is 12.8 Å². The largest absolute Gasteiger partial charge is 0.396 e. The molecule has 2 atom stereocenters. The Hall–Kier alpha value is -0.260. The first-order valence-corrected chi connectivity index (χ1v) is 6.72. The lowest BCUT2D eigenvalue weighted by Gasteiger charge is -2.20. The van der Waals surface area contributed by atoms with Crippen LogP contribution in [0.25, 0.3) is 0 Å². The Balaban J connectivity index is 2.33. The fourth-order valence-corrected chi connectivity index (χ4v) is 2.27. The molecule has 0 aliphatic carbocycles. The molecule has 15 heavy (non-hydrogen) atoms. The molecule has 1 unspecified atom stereocenters. The van der Waals surface area contributed by atoms with E-state index >= 15 is 0 Å². The lowest BCUT2D eigenvalue weighted by molar-refractivity contribution is -0.131. The van der Waals surface area contributed by atoms with Crippen LogP contribution >= 0.6 is 11.8 Å². The van der Waals surface area contributed by atoms with Crippen LogP contribution in [0.15, 0.2) is 0 Å². The summed E-state index contributed by atoms with van der Waals surface area (Å²) in [7, 11) is 0. The first-order valence-electron chi connectivity index (χ1n) is 5.33. The number of aliphatic hydroxyl groups is 1. The molecule has 0 aromatic carbocycles. The van der Waals surface area contributed by atoms with E-state index in [9.17, 15) is 4.79 Å². The van der Waals surface area contributed by atoms with Crippen molar-refractivity contribution in [3.8, 4) is 0 Å². The highest BCUT2D eigenvalue weighted by atomic mass is 32.2. The number of hydrogen-bond donors (Lipinski definition) is 2. The number of likely N-dealkylation sites (tertiary alicyclic amines) is 1. The maximum atomic E-state index is 11.8. The van der Waals surface area contributed by atoms with Crippen LogP contribution in [-0.2, 0) is 4.79 Å². The lowest BCUT2D eigenvalue weighted by Crippen LogP contribution is -2.43. The van der Waals surface area contributed by atoms with E-state index in [1.807, 2.05) is 6.26 Å². The molecule has 3 N–H and O–H groups in total. The minimum atomic E-state index is -0.366. The number of nitrogens with two attached hydrogens (primary N) is 1. The van der Waals surface area contributed by atoms with Crippen LogP contribution in [0, 0.1) is 5.92 Å². The lowest BCUT2D eigenvalue weighted by atomic mass is 10.1. The van der Waals surface area contributed by atoms with Gasteiger partial charge in [0.05, 0.1) is 6.04 Å². The number of aliphatic hydroxyl groups excluding tert-OH is 1. The average molecular weight is 232 g/mol. The molecule has 0 aromatic heterocycles. The van der Waals surface area contributed by atoms with Crippen LogP contribution in [0.2, 0.25) is 0 Å². The zero-order valence-electron chi connectivity index (χ0n) is 9.19. The van der Waals surface area contributed by atoms with Crippen LogP contribution in [0.4, 0.5) is 0 Å². The van der Waals surface area contributed by atoms with E-state index in [2.05, 4.69) is 0 Å². The van der Waals surface area contributed by atoms with Crippen molar-refractivity contribution in [1.29, 1.82) is 0 Å². The number of carbonyl (C=O) groups excluding carboxylic acids is 1. The van der Waals surface area contributed by atoms with Gasteiger partial charge in [-0.15, -0.1) is 0 Å². The van der Waals surface area contributed by atoms with Gasteiger partial charge >= 0.3 is 0 Å². The van der Waals surface area contributed by atoms with E-state index in [4.69, 9.17) is 10.8 Å². The third-order valence-electron chi connectivity index (χ3n) is 2.81. The second kappa shape index (κ2) is 6.35. The first-order chi connectivity index (χ1) is 7.19. The number of rotatable bonds is 5. The Morgan fingerprint density at radius 2 is 2.47 bits per heavy atom. The molecule has 0 spiro atoms. The van der Waals surface area contributed by atoms with Crippen LogP contribution in [-0.4, -0.2) is 53.7 Å². The van der Waals surface area contributed by atoms with E-state index in [0.717, 1.165) is 25.1 Å². The van der Waals surface area contributed by atoms with Crippen molar-refractivity contribution in [1.82, 2.24) is 4.90 Å². The van der Waals surface area contributed by atoms with Gasteiger partial charge in [-0.3, -0.25) is 4.79 Å². The van der Waals surface area contributed by atoms with Crippen molar-refractivity contribution >= 4 is 17.7 Å². The van der Waals surface area contributed by atoms with E-state index in [0.29, 0.717) is 6.54 Å². The van der Waals surface area contributed by atoms with E-state index in [1.54, 1.807) is 16.7 Å². The van der Waals surface area contributed by atoms with Gasteiger partial charge in [0, 0.05) is 25.6 Å². The molecule has 0 radical (unpaired) electrons. The summed E-state index contributed by atoms with van der Waals surface area (Å²) in [5, 5.41) is 8.97. The highest BCUT2D eigenvalue weighted by Crippen LogP contribution is 2.16. The number of thioether (sulfide) groups is 1. The minimum absolute atomic E-state index is 0.0417. The molecule has 1 aliphatic heterocycles. The average Bonchev–Trinajstić information content (AvgIpc) is 2.73. The molecule has 0 bridgehead atoms. The van der Waals surface area contributed by atoms with Gasteiger partial charge in [0.1, 0.15) is 0 Å². The van der Waals surface area contributed by atoms with Gasteiger partial charge in [0.2, 0.25) is 5.91 Å². The van der Waals surface area contributed by atoms with Crippen molar-refractivity contribution in [2.24, 2.45) is 11.7 Å². The summed E-state index contributed by atoms with van der Waals surface area (Å²) < 4.78 is 0. The molecule has 1 heterocycles. The highest BCUT2D eigenvalue weighted by Gasteiger charge is 2.28. The summed E-state index contributed by atoms with van der Waals surface area (Å²) >= 11 is 1.70. The first kappa shape index (κ1) is 12.8. The molecule has 1 aliphatic rings. The Morgan fingerprint density at radius 3 is 3.00 bits per heavy atom. The van der Waals surface area contributed by atoms with E-state index in [-0.39, 0.29) is 24.5 Å². The molecule has 1 fully saturated rings. The molecule has 1 saturated heterocycles. The molecule has 1 amide bonds. The van der Waals surface area contributed by atoms with Gasteiger partial charge in [-0.1, -0.05) is 0 Å². The predicted molar refractivity (Wildman–Crippen MR) is 62.7 cm³/mol. The second-order valence-corrected chi connectivity index (χ2v) is 5.00. The van der Waals surface area contributed by atoms with Crippen LogP contribution in [0.3, 0.4) is 0 Å². The summed E-state index contributed by atoms with van der Waals surface area (Å²) in [4.78, 5) is 13.6. The van der Waals surface area contributed by atoms with Crippen LogP contribution < -0.4 is 5.73 Å². The Morgan fingerprint density at radius 1 is 1.73 bits per heavy atom. The Labute approximate surface area is 95.2 Å². The van der Waals surface area contributed by atoms with Crippen molar-refractivity contribution < 1.29 is 9.90 Å². The van der Waals surface area contributed by atoms with Crippen molar-refractivity contribution in [3.05, 3.63) is 0 Å². The predicted octanol–water partition coefficient (Wildman–Crippen LogP) is -0.0924. The summed E-state index contributed by atoms with van der Waals surface area (Å²) in [6.45, 7) is 1.59. The highest BCUT2D eigenvalue weighted by molar-refractivity contribution is 7.98. The number of amides is 1. The third kappa shape index (κ3) is 3.66. The topological polar surface area (TPSA) is 66.6 Å². The molecular formula is C10H20N2O2S. The minimum Gasteiger partial charge on any atom is -0.396 e. The van der Waals surface area contributed by atoms with Crippen molar-refractivity contribution in [3.63, 3.8) is 0 Å². The van der Waals surface area contributed by atoms with Crippen LogP contribution in [0.5, 0.6) is 0 Å². The molecule has 0 saturated carbocycles. The summed E-state index contributed by atoms with van der Waals surface area (Å²) in [6, 6.07) is -0.366. The zero-order valence-corrected chi connectivity index (χ0v) is 10.0. The van der Waals surface area contributed by atoms with Gasteiger partial charge < -0.3 is 15.7 Å². The number of hydrogen-bond acceptors (Lipinski definition) is 4. The SMILES string of the molecule is CSCC[C@H](N)C(=O)N1CCC(CO)C1. The maximum Gasteiger partial charge on any atom is 0.239 e. The van der Waals surface area contributed by atoms with Gasteiger partial charge in [-0.05, 0) is 24.9 Å². The Kier molecular flexibility index (Phi) is 5.42. The van der Waals surface area contributed by atoms with Crippen molar-refractivity contribution in [2.75, 3.05) is 31.7 Å². The van der Waals surface area contributed by atoms with E-state index in [1.165, 1.54) is 0 Å². The monoisotopic (exact) mass is 232 g/mol. The van der Waals surface area contributed by atoms with Gasteiger partial charge in [0.25, 0.3) is 0 Å². The summed E-state index contributed by atoms with van der Waals surface area (Å²) in [5.41, 5.74) is 5.80. The smallest absolute Gasteiger partial charge is 0.239 e. The molecule has 5 heteroatoms. The fraction of sp³-hybridized carbons (Fsp3) is 0.900. The van der Waals surface area contributed by atoms with Gasteiger partial charge in [0.15, 0.2) is 0 Å². The van der Waals surface area contributed by atoms with Gasteiger partial charge in [-0.25, -0.2) is 0 Å². The quantitative estimate of drug-likeness (QED) is 0.695. The summed E-state index contributed by atoms with van der Waals surface area (Å²) in [5.74, 6) is 1.21. The molecular weight excluding hydrogens is 212 g/mol. The maximum absolute atomic E-state index is 11.8. The number of nitrogens with zero attached hydrogens (tertiary/aromatic N) is 1. The molecule has 4 nitrogen and oxygen atoms in total. The Bertz CT molecular complexity index is 214. The molecule has 0 aromatic rings. The molecule has 1 rings (SSSR count). The van der Waals surface area contributed by atoms with Crippen molar-refractivity contribution in [2.45, 2.75) is 18.9 Å². The normalized spacial score (nSPS) is 23.1. The van der Waals surface area contributed by atoms with E-state index < -0.39 is 0 Å². The second-order valence-electron chi connectivity index (χ2n) is 4.01. The fourth-order valence-electron chi connectivity index (χ4n) is 1.78. The standard InChI is InChI=1S/C10H20N2O2S/c1-15-5-3-9(11)10(14)12-4-2-8(6-12)7-13/h8-9,13H,2-7,11H2,1H3/t8?,9-/m0/s1. The molecule has 88 valence electrons. The zero-order chi connectivity index (χ0) is 11.3.